The quantitative estimate of drug-likeness (QED) is 0.394. The summed E-state index contributed by atoms with van der Waals surface area (Å²) in [6, 6.07) is 5.60. The molecule has 0 saturated heterocycles. The minimum atomic E-state index is -1.94. The van der Waals surface area contributed by atoms with Crippen LogP contribution in [0.3, 0.4) is 0 Å². The Balaban J connectivity index is 2.52. The van der Waals surface area contributed by atoms with Crippen LogP contribution in [-0.2, 0) is 30.3 Å². The highest BCUT2D eigenvalue weighted by atomic mass is 79.9. The van der Waals surface area contributed by atoms with Crippen molar-refractivity contribution < 1.29 is 23.9 Å². The van der Waals surface area contributed by atoms with E-state index in [4.69, 9.17) is 9.47 Å². The SMILES string of the molecule is CCOC(=O)C(Cc1c[nH]c2ccc(Br)cc12)(NC=O)C(=O)OCC. The van der Waals surface area contributed by atoms with Crippen LogP contribution in [0.2, 0.25) is 0 Å². The fourth-order valence-electron chi connectivity index (χ4n) is 2.59. The average Bonchev–Trinajstić information content (AvgIpc) is 2.96. The highest BCUT2D eigenvalue weighted by Gasteiger charge is 2.49. The highest BCUT2D eigenvalue weighted by Crippen LogP contribution is 2.27. The number of carbonyl (C=O) groups excluding carboxylic acids is 3. The van der Waals surface area contributed by atoms with Gasteiger partial charge in [-0.15, -0.1) is 0 Å². The summed E-state index contributed by atoms with van der Waals surface area (Å²) in [6.45, 7) is 3.38. The molecule has 2 aromatic rings. The number of esters is 2. The van der Waals surface area contributed by atoms with Gasteiger partial charge in [-0.05, 0) is 37.6 Å². The minimum absolute atomic E-state index is 0.0694. The van der Waals surface area contributed by atoms with E-state index in [9.17, 15) is 14.4 Å². The molecule has 2 N–H and O–H groups in total. The van der Waals surface area contributed by atoms with E-state index in [1.807, 2.05) is 18.2 Å². The van der Waals surface area contributed by atoms with E-state index in [1.165, 1.54) is 0 Å². The average molecular weight is 411 g/mol. The first-order chi connectivity index (χ1) is 12.0. The molecule has 0 unspecified atom stereocenters. The number of aromatic amines is 1. The molecular weight excluding hydrogens is 392 g/mol. The van der Waals surface area contributed by atoms with Gasteiger partial charge in [-0.25, -0.2) is 9.59 Å². The number of H-pyrrole nitrogens is 1. The van der Waals surface area contributed by atoms with Crippen LogP contribution in [0.15, 0.2) is 28.9 Å². The number of hydrogen-bond donors (Lipinski definition) is 2. The highest BCUT2D eigenvalue weighted by molar-refractivity contribution is 9.10. The number of nitrogens with one attached hydrogen (secondary N) is 2. The molecule has 0 fully saturated rings. The number of ether oxygens (including phenoxy) is 2. The summed E-state index contributed by atoms with van der Waals surface area (Å²) in [5.41, 5.74) is -0.428. The Hall–Kier alpha value is -2.35. The van der Waals surface area contributed by atoms with Crippen LogP contribution >= 0.6 is 15.9 Å². The number of hydrogen-bond acceptors (Lipinski definition) is 5. The topological polar surface area (TPSA) is 97.5 Å². The van der Waals surface area contributed by atoms with Gasteiger partial charge in [-0.3, -0.25) is 4.79 Å². The van der Waals surface area contributed by atoms with E-state index in [-0.39, 0.29) is 19.6 Å². The van der Waals surface area contributed by atoms with Crippen molar-refractivity contribution in [3.63, 3.8) is 0 Å². The molecule has 1 heterocycles. The van der Waals surface area contributed by atoms with Gasteiger partial charge in [0.15, 0.2) is 0 Å². The molecule has 1 aromatic carbocycles. The molecule has 0 radical (unpaired) electrons. The lowest BCUT2D eigenvalue weighted by atomic mass is 9.90. The second-order valence-corrected chi connectivity index (χ2v) is 6.20. The summed E-state index contributed by atoms with van der Waals surface area (Å²) >= 11 is 3.40. The largest absolute Gasteiger partial charge is 0.464 e. The lowest BCUT2D eigenvalue weighted by molar-refractivity contribution is -0.167. The Morgan fingerprint density at radius 3 is 2.44 bits per heavy atom. The Labute approximate surface area is 153 Å². The third-order valence-electron chi connectivity index (χ3n) is 3.74. The first-order valence-corrected chi connectivity index (χ1v) is 8.59. The van der Waals surface area contributed by atoms with Crippen molar-refractivity contribution in [3.8, 4) is 0 Å². The zero-order valence-electron chi connectivity index (χ0n) is 13.9. The van der Waals surface area contributed by atoms with E-state index >= 15 is 0 Å². The number of amides is 1. The molecule has 0 bridgehead atoms. The molecule has 0 atom stereocenters. The molecule has 0 spiro atoms. The number of halogens is 1. The third-order valence-corrected chi connectivity index (χ3v) is 4.23. The zero-order valence-corrected chi connectivity index (χ0v) is 15.5. The molecule has 0 saturated carbocycles. The third kappa shape index (κ3) is 3.84. The fraction of sp³-hybridized carbons (Fsp3) is 0.353. The lowest BCUT2D eigenvalue weighted by Gasteiger charge is -2.28. The van der Waals surface area contributed by atoms with Crippen LogP contribution in [0.25, 0.3) is 10.9 Å². The Bertz CT molecular complexity index is 768. The van der Waals surface area contributed by atoms with Gasteiger partial charge < -0.3 is 19.8 Å². The molecule has 134 valence electrons. The smallest absolute Gasteiger partial charge is 0.344 e. The van der Waals surface area contributed by atoms with Crippen LogP contribution in [0, 0.1) is 0 Å². The summed E-state index contributed by atoms with van der Waals surface area (Å²) < 4.78 is 10.9. The maximum absolute atomic E-state index is 12.5. The van der Waals surface area contributed by atoms with E-state index in [0.29, 0.717) is 12.0 Å². The molecule has 0 aliphatic heterocycles. The first-order valence-electron chi connectivity index (χ1n) is 7.79. The molecule has 1 amide bonds. The van der Waals surface area contributed by atoms with Gasteiger partial charge >= 0.3 is 11.9 Å². The monoisotopic (exact) mass is 410 g/mol. The van der Waals surface area contributed by atoms with Gasteiger partial charge in [0.25, 0.3) is 0 Å². The van der Waals surface area contributed by atoms with Gasteiger partial charge in [0.1, 0.15) is 0 Å². The van der Waals surface area contributed by atoms with Crippen LogP contribution in [0.1, 0.15) is 19.4 Å². The fourth-order valence-corrected chi connectivity index (χ4v) is 2.95. The van der Waals surface area contributed by atoms with Crippen LogP contribution in [0.4, 0.5) is 0 Å². The van der Waals surface area contributed by atoms with E-state index in [0.717, 1.165) is 15.4 Å². The molecule has 7 nitrogen and oxygen atoms in total. The number of fused-ring (bicyclic) bond motifs is 1. The summed E-state index contributed by atoms with van der Waals surface area (Å²) in [6.07, 6.45) is 1.90. The normalized spacial score (nSPS) is 11.2. The van der Waals surface area contributed by atoms with Crippen molar-refractivity contribution >= 4 is 45.2 Å². The van der Waals surface area contributed by atoms with Crippen molar-refractivity contribution in [2.45, 2.75) is 25.8 Å². The van der Waals surface area contributed by atoms with Gasteiger partial charge in [-0.2, -0.15) is 0 Å². The van der Waals surface area contributed by atoms with Crippen LogP contribution in [-0.4, -0.2) is 42.1 Å². The maximum Gasteiger partial charge on any atom is 0.344 e. The Morgan fingerprint density at radius 2 is 1.88 bits per heavy atom. The van der Waals surface area contributed by atoms with Crippen molar-refractivity contribution in [1.29, 1.82) is 0 Å². The molecule has 0 aliphatic rings. The Morgan fingerprint density at radius 1 is 1.24 bits per heavy atom. The second-order valence-electron chi connectivity index (χ2n) is 5.29. The summed E-state index contributed by atoms with van der Waals surface area (Å²) in [5.74, 6) is -1.71. The number of carbonyl (C=O) groups is 3. The number of rotatable bonds is 8. The predicted octanol–water partition coefficient (Wildman–Crippen LogP) is 2.08. The summed E-state index contributed by atoms with van der Waals surface area (Å²) in [4.78, 5) is 39.3. The summed E-state index contributed by atoms with van der Waals surface area (Å²) in [7, 11) is 0. The number of aromatic nitrogens is 1. The predicted molar refractivity (Wildman–Crippen MR) is 94.9 cm³/mol. The number of benzene rings is 1. The van der Waals surface area contributed by atoms with Gasteiger partial charge in [-0.1, -0.05) is 15.9 Å². The lowest BCUT2D eigenvalue weighted by Crippen LogP contribution is -2.60. The van der Waals surface area contributed by atoms with E-state index in [1.54, 1.807) is 20.0 Å². The van der Waals surface area contributed by atoms with Gasteiger partial charge in [0.2, 0.25) is 11.9 Å². The van der Waals surface area contributed by atoms with Crippen molar-refractivity contribution in [3.05, 3.63) is 34.4 Å². The maximum atomic E-state index is 12.5. The molecule has 0 aliphatic carbocycles. The minimum Gasteiger partial charge on any atom is -0.464 e. The molecule has 2 rings (SSSR count). The van der Waals surface area contributed by atoms with Crippen molar-refractivity contribution in [2.24, 2.45) is 0 Å². The standard InChI is InChI=1S/C17H19BrN2O5/c1-3-24-15(22)17(20-10-21,16(23)25-4-2)8-11-9-19-14-6-5-12(18)7-13(11)14/h5-7,9-10,19H,3-4,8H2,1-2H3,(H,20,21). The summed E-state index contributed by atoms with van der Waals surface area (Å²) in [5, 5.41) is 3.15. The zero-order chi connectivity index (χ0) is 18.4. The van der Waals surface area contributed by atoms with Crippen LogP contribution < -0.4 is 5.32 Å². The van der Waals surface area contributed by atoms with E-state index < -0.39 is 17.5 Å². The van der Waals surface area contributed by atoms with E-state index in [2.05, 4.69) is 26.2 Å². The van der Waals surface area contributed by atoms with Gasteiger partial charge in [0, 0.05) is 28.0 Å². The molecular formula is C17H19BrN2O5. The molecule has 1 aromatic heterocycles. The molecule has 8 heteroatoms. The van der Waals surface area contributed by atoms with Crippen molar-refractivity contribution in [1.82, 2.24) is 10.3 Å². The second kappa shape index (κ2) is 8.15. The molecule has 25 heavy (non-hydrogen) atoms. The van der Waals surface area contributed by atoms with Gasteiger partial charge in [0.05, 0.1) is 13.2 Å². The van der Waals surface area contributed by atoms with Crippen LogP contribution in [0.5, 0.6) is 0 Å². The Kier molecular flexibility index (Phi) is 6.19. The van der Waals surface area contributed by atoms with Crippen molar-refractivity contribution in [2.75, 3.05) is 13.2 Å². The first kappa shape index (κ1) is 19.0.